The fraction of sp³-hybridized carbons (Fsp3) is 0.357. The van der Waals surface area contributed by atoms with Gasteiger partial charge in [0.05, 0.1) is 11.0 Å². The summed E-state index contributed by atoms with van der Waals surface area (Å²) in [6.07, 6.45) is 7.37. The number of hydrogen-bond acceptors (Lipinski definition) is 1. The number of allylic oxidation sites excluding steroid dienone is 2. The van der Waals surface area contributed by atoms with E-state index in [0.717, 1.165) is 17.4 Å². The van der Waals surface area contributed by atoms with Gasteiger partial charge in [0.25, 0.3) is 0 Å². The van der Waals surface area contributed by atoms with Gasteiger partial charge < -0.3 is 4.98 Å². The van der Waals surface area contributed by atoms with Crippen LogP contribution in [0.2, 0.25) is 0 Å². The molecule has 2 nitrogen and oxygen atoms in total. The van der Waals surface area contributed by atoms with E-state index in [1.807, 2.05) is 6.07 Å². The van der Waals surface area contributed by atoms with Gasteiger partial charge in [-0.05, 0) is 36.8 Å². The predicted octanol–water partition coefficient (Wildman–Crippen LogP) is 3.24. The molecule has 1 saturated carbocycles. The molecule has 0 spiro atoms. The van der Waals surface area contributed by atoms with Crippen LogP contribution in [0.15, 0.2) is 36.4 Å². The van der Waals surface area contributed by atoms with Crippen LogP contribution in [0.4, 0.5) is 0 Å². The second-order valence-corrected chi connectivity index (χ2v) is 5.03. The van der Waals surface area contributed by atoms with Gasteiger partial charge in [0.1, 0.15) is 5.82 Å². The third-order valence-electron chi connectivity index (χ3n) is 4.04. The van der Waals surface area contributed by atoms with E-state index < -0.39 is 0 Å². The molecule has 0 unspecified atom stereocenters. The van der Waals surface area contributed by atoms with Crippen molar-refractivity contribution in [2.75, 3.05) is 0 Å². The summed E-state index contributed by atoms with van der Waals surface area (Å²) in [6.45, 7) is 0. The maximum Gasteiger partial charge on any atom is 0.110 e. The molecule has 2 aliphatic carbocycles. The van der Waals surface area contributed by atoms with Gasteiger partial charge in [0.2, 0.25) is 0 Å². The molecule has 1 N–H and O–H groups in total. The van der Waals surface area contributed by atoms with Crippen molar-refractivity contribution in [3.05, 3.63) is 42.2 Å². The number of fused-ring (bicyclic) bond motifs is 3. The Morgan fingerprint density at radius 2 is 2.06 bits per heavy atom. The highest BCUT2D eigenvalue weighted by atomic mass is 14.9. The van der Waals surface area contributed by atoms with Gasteiger partial charge in [-0.15, -0.1) is 0 Å². The molecule has 2 bridgehead atoms. The summed E-state index contributed by atoms with van der Waals surface area (Å²) in [5.74, 6) is 3.36. The van der Waals surface area contributed by atoms with Crippen LogP contribution >= 0.6 is 0 Å². The molecule has 2 heteroatoms. The minimum Gasteiger partial charge on any atom is -0.342 e. The van der Waals surface area contributed by atoms with Gasteiger partial charge in [-0.25, -0.2) is 4.98 Å². The number of benzene rings is 1. The lowest BCUT2D eigenvalue weighted by Crippen LogP contribution is -2.06. The van der Waals surface area contributed by atoms with Crippen molar-refractivity contribution >= 4 is 11.0 Å². The fourth-order valence-electron chi connectivity index (χ4n) is 3.24. The van der Waals surface area contributed by atoms with Crippen molar-refractivity contribution in [2.24, 2.45) is 11.8 Å². The molecule has 2 aromatic rings. The zero-order valence-electron chi connectivity index (χ0n) is 9.06. The third kappa shape index (κ3) is 1.10. The Labute approximate surface area is 94.4 Å². The molecule has 3 atom stereocenters. The van der Waals surface area contributed by atoms with Crippen molar-refractivity contribution in [3.63, 3.8) is 0 Å². The Hall–Kier alpha value is -1.57. The van der Waals surface area contributed by atoms with Crippen molar-refractivity contribution in [3.8, 4) is 0 Å². The second kappa shape index (κ2) is 2.97. The highest BCUT2D eigenvalue weighted by molar-refractivity contribution is 5.74. The predicted molar refractivity (Wildman–Crippen MR) is 64.2 cm³/mol. The molecule has 1 fully saturated rings. The van der Waals surface area contributed by atoms with E-state index in [9.17, 15) is 0 Å². The van der Waals surface area contributed by atoms with Crippen LogP contribution in [-0.4, -0.2) is 9.97 Å². The number of aromatic nitrogens is 2. The first-order chi connectivity index (χ1) is 7.90. The largest absolute Gasteiger partial charge is 0.342 e. The van der Waals surface area contributed by atoms with Crippen LogP contribution in [0.5, 0.6) is 0 Å². The second-order valence-electron chi connectivity index (χ2n) is 5.03. The van der Waals surface area contributed by atoms with Gasteiger partial charge >= 0.3 is 0 Å². The van der Waals surface area contributed by atoms with E-state index in [-0.39, 0.29) is 0 Å². The molecule has 80 valence electrons. The number of H-pyrrole nitrogens is 1. The minimum absolute atomic E-state index is 0.627. The fourth-order valence-corrected chi connectivity index (χ4v) is 3.24. The highest BCUT2D eigenvalue weighted by Gasteiger charge is 2.37. The van der Waals surface area contributed by atoms with E-state index in [1.54, 1.807) is 0 Å². The first kappa shape index (κ1) is 8.57. The molecule has 1 aromatic carbocycles. The van der Waals surface area contributed by atoms with Gasteiger partial charge in [-0.3, -0.25) is 0 Å². The first-order valence-corrected chi connectivity index (χ1v) is 6.03. The van der Waals surface area contributed by atoms with Crippen LogP contribution in [0.25, 0.3) is 11.0 Å². The quantitative estimate of drug-likeness (QED) is 0.719. The average Bonchev–Trinajstić information content (AvgIpc) is 3.02. The molecule has 4 rings (SSSR count). The summed E-state index contributed by atoms with van der Waals surface area (Å²) in [5, 5.41) is 0. The van der Waals surface area contributed by atoms with E-state index in [2.05, 4.69) is 35.3 Å². The Balaban J connectivity index is 1.80. The van der Waals surface area contributed by atoms with Crippen LogP contribution in [0, 0.1) is 11.8 Å². The molecule has 1 heterocycles. The molecule has 1 aromatic heterocycles. The number of aromatic amines is 1. The third-order valence-corrected chi connectivity index (χ3v) is 4.04. The monoisotopic (exact) mass is 210 g/mol. The normalized spacial score (nSPS) is 31.6. The summed E-state index contributed by atoms with van der Waals surface area (Å²) >= 11 is 0. The van der Waals surface area contributed by atoms with E-state index >= 15 is 0 Å². The van der Waals surface area contributed by atoms with Crippen LogP contribution in [0.3, 0.4) is 0 Å². The summed E-state index contributed by atoms with van der Waals surface area (Å²) in [6, 6.07) is 8.30. The summed E-state index contributed by atoms with van der Waals surface area (Å²) in [5.41, 5.74) is 2.27. The van der Waals surface area contributed by atoms with E-state index in [4.69, 9.17) is 4.98 Å². The van der Waals surface area contributed by atoms with Crippen LogP contribution in [-0.2, 0) is 0 Å². The maximum atomic E-state index is 4.72. The van der Waals surface area contributed by atoms with Crippen LogP contribution < -0.4 is 0 Å². The molecular weight excluding hydrogens is 196 g/mol. The van der Waals surface area contributed by atoms with Crippen LogP contribution in [0.1, 0.15) is 24.6 Å². The van der Waals surface area contributed by atoms with Gasteiger partial charge in [0.15, 0.2) is 0 Å². The lowest BCUT2D eigenvalue weighted by atomic mass is 9.93. The van der Waals surface area contributed by atoms with Gasteiger partial charge in [-0.2, -0.15) is 0 Å². The van der Waals surface area contributed by atoms with Crippen molar-refractivity contribution in [1.29, 1.82) is 0 Å². The number of nitrogens with one attached hydrogen (secondary N) is 1. The molecular formula is C14H14N2. The Kier molecular flexibility index (Phi) is 1.59. The van der Waals surface area contributed by atoms with Gasteiger partial charge in [0, 0.05) is 5.92 Å². The highest BCUT2D eigenvalue weighted by Crippen LogP contribution is 2.48. The van der Waals surface area contributed by atoms with Gasteiger partial charge in [-0.1, -0.05) is 24.3 Å². The molecule has 0 amide bonds. The van der Waals surface area contributed by atoms with Crippen molar-refractivity contribution in [1.82, 2.24) is 9.97 Å². The number of imidazole rings is 1. The zero-order chi connectivity index (χ0) is 10.5. The number of nitrogens with zero attached hydrogens (tertiary/aromatic N) is 1. The Bertz CT molecular complexity index is 534. The number of rotatable bonds is 1. The zero-order valence-corrected chi connectivity index (χ0v) is 9.06. The van der Waals surface area contributed by atoms with Crippen molar-refractivity contribution < 1.29 is 0 Å². The number of para-hydroxylation sites is 2. The standard InChI is InChI=1S/C14H14N2/c1-2-4-13-12(3-1)15-14(16-13)11-8-9-5-6-10(11)7-9/h1-6,9-11H,7-8H2,(H,15,16)/t9-,10+,11+/m1/s1. The molecule has 0 saturated heterocycles. The van der Waals surface area contributed by atoms with E-state index in [1.165, 1.54) is 24.2 Å². The Morgan fingerprint density at radius 1 is 1.12 bits per heavy atom. The summed E-state index contributed by atoms with van der Waals surface area (Å²) in [7, 11) is 0. The number of hydrogen-bond donors (Lipinski definition) is 1. The average molecular weight is 210 g/mol. The summed E-state index contributed by atoms with van der Waals surface area (Å²) in [4.78, 5) is 8.20. The Morgan fingerprint density at radius 3 is 2.81 bits per heavy atom. The lowest BCUT2D eigenvalue weighted by molar-refractivity contribution is 0.559. The molecule has 0 radical (unpaired) electrons. The topological polar surface area (TPSA) is 28.7 Å². The molecule has 0 aliphatic heterocycles. The minimum atomic E-state index is 0.627. The van der Waals surface area contributed by atoms with Crippen molar-refractivity contribution in [2.45, 2.75) is 18.8 Å². The summed E-state index contributed by atoms with van der Waals surface area (Å²) < 4.78 is 0. The maximum absolute atomic E-state index is 4.72. The SMILES string of the molecule is C1=C[C@H]2C[C@@H]1C[C@@H]2c1nc2ccccc2[nH]1. The van der Waals surface area contributed by atoms with E-state index in [0.29, 0.717) is 5.92 Å². The molecule has 2 aliphatic rings. The molecule has 16 heavy (non-hydrogen) atoms. The first-order valence-electron chi connectivity index (χ1n) is 6.03. The lowest BCUT2D eigenvalue weighted by Gasteiger charge is -2.14. The smallest absolute Gasteiger partial charge is 0.110 e.